The molecule has 4 heteroatoms. The van der Waals surface area contributed by atoms with Crippen molar-refractivity contribution in [2.24, 2.45) is 0 Å². The minimum Gasteiger partial charge on any atom is -0.480 e. The predicted molar refractivity (Wildman–Crippen MR) is 36.8 cm³/mol. The number of rotatable bonds is 1. The van der Waals surface area contributed by atoms with E-state index in [1.54, 1.807) is 11.8 Å². The number of hydrogen-bond acceptors (Lipinski definition) is 3. The molecule has 0 radical (unpaired) electrons. The molecule has 1 rings (SSSR count). The van der Waals surface area contributed by atoms with Crippen molar-refractivity contribution in [2.45, 2.75) is 6.04 Å². The Hall–Kier alpha value is -0.220. The Morgan fingerprint density at radius 1 is 1.78 bits per heavy atom. The average molecular weight is 147 g/mol. The number of aliphatic carboxylic acids is 1. The van der Waals surface area contributed by atoms with E-state index in [9.17, 15) is 4.79 Å². The lowest BCUT2D eigenvalue weighted by molar-refractivity contribution is -0.138. The minimum absolute atomic E-state index is 0.316. The monoisotopic (exact) mass is 147 g/mol. The maximum atomic E-state index is 10.3. The van der Waals surface area contributed by atoms with Crippen LogP contribution in [0, 0.1) is 0 Å². The van der Waals surface area contributed by atoms with Crippen LogP contribution in [-0.4, -0.2) is 35.2 Å². The highest BCUT2D eigenvalue weighted by Gasteiger charge is 2.18. The van der Waals surface area contributed by atoms with E-state index in [0.29, 0.717) is 5.75 Å². The minimum atomic E-state index is -0.734. The molecule has 0 bridgehead atoms. The van der Waals surface area contributed by atoms with Crippen LogP contribution in [0.5, 0.6) is 0 Å². The summed E-state index contributed by atoms with van der Waals surface area (Å²) >= 11 is 1.69. The maximum Gasteiger partial charge on any atom is 0.321 e. The van der Waals surface area contributed by atoms with E-state index in [1.165, 1.54) is 0 Å². The second-order valence-corrected chi connectivity index (χ2v) is 3.07. The summed E-state index contributed by atoms with van der Waals surface area (Å²) in [5.74, 6) is 1.00. The Balaban J connectivity index is 2.31. The zero-order valence-corrected chi connectivity index (χ0v) is 5.78. The second kappa shape index (κ2) is 3.08. The van der Waals surface area contributed by atoms with Crippen molar-refractivity contribution in [1.82, 2.24) is 5.32 Å². The van der Waals surface area contributed by atoms with E-state index >= 15 is 0 Å². The SMILES string of the molecule is O=C(O)C1CSCCN1. The van der Waals surface area contributed by atoms with Crippen molar-refractivity contribution < 1.29 is 9.90 Å². The summed E-state index contributed by atoms with van der Waals surface area (Å²) in [5.41, 5.74) is 0. The smallest absolute Gasteiger partial charge is 0.321 e. The van der Waals surface area contributed by atoms with Gasteiger partial charge < -0.3 is 10.4 Å². The zero-order chi connectivity index (χ0) is 6.69. The number of carboxylic acids is 1. The van der Waals surface area contributed by atoms with E-state index in [4.69, 9.17) is 5.11 Å². The normalized spacial score (nSPS) is 27.8. The van der Waals surface area contributed by atoms with Crippen LogP contribution in [0.25, 0.3) is 0 Å². The van der Waals surface area contributed by atoms with Crippen LogP contribution >= 0.6 is 11.8 Å². The van der Waals surface area contributed by atoms with Crippen molar-refractivity contribution in [2.75, 3.05) is 18.1 Å². The van der Waals surface area contributed by atoms with Crippen LogP contribution < -0.4 is 5.32 Å². The van der Waals surface area contributed by atoms with Crippen LogP contribution in [0.3, 0.4) is 0 Å². The van der Waals surface area contributed by atoms with Crippen LogP contribution in [0.4, 0.5) is 0 Å². The number of thioether (sulfide) groups is 1. The van der Waals surface area contributed by atoms with Gasteiger partial charge in [-0.25, -0.2) is 0 Å². The first-order chi connectivity index (χ1) is 4.30. The van der Waals surface area contributed by atoms with Gasteiger partial charge in [-0.1, -0.05) is 0 Å². The van der Waals surface area contributed by atoms with Crippen molar-refractivity contribution in [3.05, 3.63) is 0 Å². The number of carbonyl (C=O) groups is 1. The average Bonchev–Trinajstić information content (AvgIpc) is 1.90. The molecule has 0 aliphatic carbocycles. The molecular formula is C5H9NO2S. The Kier molecular flexibility index (Phi) is 2.36. The van der Waals surface area contributed by atoms with Gasteiger partial charge in [0.05, 0.1) is 0 Å². The van der Waals surface area contributed by atoms with Gasteiger partial charge in [-0.05, 0) is 0 Å². The fourth-order valence-electron chi connectivity index (χ4n) is 0.724. The van der Waals surface area contributed by atoms with Crippen LogP contribution in [0.2, 0.25) is 0 Å². The quantitative estimate of drug-likeness (QED) is 0.538. The molecule has 1 heterocycles. The largest absolute Gasteiger partial charge is 0.480 e. The van der Waals surface area contributed by atoms with E-state index in [0.717, 1.165) is 12.3 Å². The molecule has 0 aromatic rings. The van der Waals surface area contributed by atoms with E-state index in [1.807, 2.05) is 0 Å². The summed E-state index contributed by atoms with van der Waals surface area (Å²) in [6, 6.07) is -0.316. The highest BCUT2D eigenvalue weighted by molar-refractivity contribution is 7.99. The molecule has 52 valence electrons. The van der Waals surface area contributed by atoms with Gasteiger partial charge in [-0.2, -0.15) is 11.8 Å². The third-order valence-corrected chi connectivity index (χ3v) is 2.28. The van der Waals surface area contributed by atoms with Gasteiger partial charge in [0.25, 0.3) is 0 Å². The lowest BCUT2D eigenvalue weighted by atomic mass is 10.3. The lowest BCUT2D eigenvalue weighted by Gasteiger charge is -2.18. The molecule has 3 nitrogen and oxygen atoms in total. The molecule has 1 aliphatic rings. The topological polar surface area (TPSA) is 49.3 Å². The number of carboxylic acid groups (broad SMARTS) is 1. The molecule has 1 atom stereocenters. The maximum absolute atomic E-state index is 10.3. The van der Waals surface area contributed by atoms with E-state index in [2.05, 4.69) is 5.32 Å². The first-order valence-electron chi connectivity index (χ1n) is 2.84. The van der Waals surface area contributed by atoms with Gasteiger partial charge in [-0.15, -0.1) is 0 Å². The summed E-state index contributed by atoms with van der Waals surface area (Å²) in [6.45, 7) is 0.821. The van der Waals surface area contributed by atoms with Gasteiger partial charge in [0, 0.05) is 18.1 Å². The highest BCUT2D eigenvalue weighted by atomic mass is 32.2. The van der Waals surface area contributed by atoms with Gasteiger partial charge >= 0.3 is 5.97 Å². The highest BCUT2D eigenvalue weighted by Crippen LogP contribution is 2.06. The Bertz CT molecular complexity index is 112. The van der Waals surface area contributed by atoms with Gasteiger partial charge in [0.1, 0.15) is 6.04 Å². The molecule has 0 saturated carbocycles. The Labute approximate surface area is 57.8 Å². The van der Waals surface area contributed by atoms with Crippen molar-refractivity contribution in [3.8, 4) is 0 Å². The van der Waals surface area contributed by atoms with E-state index < -0.39 is 5.97 Å². The zero-order valence-electron chi connectivity index (χ0n) is 4.96. The van der Waals surface area contributed by atoms with Gasteiger partial charge in [-0.3, -0.25) is 4.79 Å². The van der Waals surface area contributed by atoms with Crippen LogP contribution in [0.1, 0.15) is 0 Å². The van der Waals surface area contributed by atoms with Gasteiger partial charge in [0.2, 0.25) is 0 Å². The standard InChI is InChI=1S/C5H9NO2S/c7-5(8)4-3-9-2-1-6-4/h4,6H,1-3H2,(H,7,8). The number of hydrogen-bond donors (Lipinski definition) is 2. The molecular weight excluding hydrogens is 138 g/mol. The molecule has 0 spiro atoms. The first kappa shape index (κ1) is 6.89. The summed E-state index contributed by atoms with van der Waals surface area (Å²) in [5, 5.41) is 11.4. The van der Waals surface area contributed by atoms with Crippen LogP contribution in [0.15, 0.2) is 0 Å². The third kappa shape index (κ3) is 1.87. The fraction of sp³-hybridized carbons (Fsp3) is 0.800. The molecule has 2 N–H and O–H groups in total. The lowest BCUT2D eigenvalue weighted by Crippen LogP contribution is -2.43. The summed E-state index contributed by atoms with van der Waals surface area (Å²) < 4.78 is 0. The van der Waals surface area contributed by atoms with Crippen LogP contribution in [-0.2, 0) is 4.79 Å². The molecule has 0 amide bonds. The summed E-state index contributed by atoms with van der Waals surface area (Å²) in [6.07, 6.45) is 0. The molecule has 1 saturated heterocycles. The molecule has 1 fully saturated rings. The predicted octanol–water partition coefficient (Wildman–Crippen LogP) is -0.224. The Morgan fingerprint density at radius 3 is 2.89 bits per heavy atom. The molecule has 0 aromatic carbocycles. The molecule has 1 aliphatic heterocycles. The van der Waals surface area contributed by atoms with E-state index in [-0.39, 0.29) is 6.04 Å². The second-order valence-electron chi connectivity index (χ2n) is 1.92. The first-order valence-corrected chi connectivity index (χ1v) is 4.00. The van der Waals surface area contributed by atoms with Gasteiger partial charge in [0.15, 0.2) is 0 Å². The summed E-state index contributed by atoms with van der Waals surface area (Å²) in [4.78, 5) is 10.3. The Morgan fingerprint density at radius 2 is 2.56 bits per heavy atom. The molecule has 9 heavy (non-hydrogen) atoms. The summed E-state index contributed by atoms with van der Waals surface area (Å²) in [7, 11) is 0. The number of nitrogens with one attached hydrogen (secondary N) is 1. The molecule has 1 unspecified atom stereocenters. The van der Waals surface area contributed by atoms with Crippen molar-refractivity contribution in [1.29, 1.82) is 0 Å². The van der Waals surface area contributed by atoms with Crippen molar-refractivity contribution in [3.63, 3.8) is 0 Å². The third-order valence-electron chi connectivity index (χ3n) is 1.22. The van der Waals surface area contributed by atoms with Crippen molar-refractivity contribution >= 4 is 17.7 Å². The molecule has 0 aromatic heterocycles. The fourth-order valence-corrected chi connectivity index (χ4v) is 1.65.